The second kappa shape index (κ2) is 8.93. The van der Waals surface area contributed by atoms with E-state index in [1.165, 1.54) is 0 Å². The van der Waals surface area contributed by atoms with Crippen LogP contribution in [-0.2, 0) is 9.53 Å². The van der Waals surface area contributed by atoms with Gasteiger partial charge in [-0.25, -0.2) is 0 Å². The molecule has 1 N–H and O–H groups in total. The molecule has 0 aliphatic carbocycles. The van der Waals surface area contributed by atoms with Crippen LogP contribution in [0.4, 0.5) is 0 Å². The highest BCUT2D eigenvalue weighted by Crippen LogP contribution is 2.02. The van der Waals surface area contributed by atoms with Gasteiger partial charge in [0.1, 0.15) is 17.9 Å². The molecule has 0 saturated carbocycles. The van der Waals surface area contributed by atoms with Gasteiger partial charge in [-0.05, 0) is 12.8 Å². The highest BCUT2D eigenvalue weighted by Gasteiger charge is 2.13. The van der Waals surface area contributed by atoms with Crippen LogP contribution in [-0.4, -0.2) is 18.7 Å². The Morgan fingerprint density at radius 3 is 2.69 bits per heavy atom. The fourth-order valence-electron chi connectivity index (χ4n) is 1.11. The summed E-state index contributed by atoms with van der Waals surface area (Å²) in [6.07, 6.45) is 3.37. The molecule has 0 radical (unpaired) electrons. The molecule has 90 valence electrons. The molecule has 0 spiro atoms. The van der Waals surface area contributed by atoms with Gasteiger partial charge in [-0.1, -0.05) is 33.3 Å². The Bertz CT molecular complexity index is 269. The number of carbonyl (C=O) groups is 1. The summed E-state index contributed by atoms with van der Waals surface area (Å²) in [6.45, 7) is 8.07. The van der Waals surface area contributed by atoms with E-state index in [4.69, 9.17) is 10.00 Å². The Balaban J connectivity index is 4.07. The van der Waals surface area contributed by atoms with Crippen molar-refractivity contribution in [1.29, 1.82) is 5.26 Å². The number of ether oxygens (including phenoxy) is 1. The van der Waals surface area contributed by atoms with E-state index < -0.39 is 5.91 Å². The molecule has 4 nitrogen and oxygen atoms in total. The number of hydrogen-bond donors (Lipinski definition) is 1. The minimum Gasteiger partial charge on any atom is -0.359 e. The number of unbranched alkanes of at least 4 members (excludes halogenated alkanes) is 1. The van der Waals surface area contributed by atoms with Crippen molar-refractivity contribution in [3.8, 4) is 6.07 Å². The Morgan fingerprint density at radius 1 is 1.50 bits per heavy atom. The van der Waals surface area contributed by atoms with Gasteiger partial charge in [-0.2, -0.15) is 5.26 Å². The smallest absolute Gasteiger partial charge is 0.263 e. The van der Waals surface area contributed by atoms with E-state index >= 15 is 0 Å². The SMILES string of the molecule is C=C(C#N)C(=O)NC(CCC)OCCCC. The van der Waals surface area contributed by atoms with Crippen molar-refractivity contribution in [3.05, 3.63) is 12.2 Å². The van der Waals surface area contributed by atoms with Crippen LogP contribution in [0.3, 0.4) is 0 Å². The zero-order valence-corrected chi connectivity index (χ0v) is 10.1. The summed E-state index contributed by atoms with van der Waals surface area (Å²) in [5.74, 6) is -0.447. The van der Waals surface area contributed by atoms with Gasteiger partial charge < -0.3 is 10.1 Å². The molecule has 1 unspecified atom stereocenters. The lowest BCUT2D eigenvalue weighted by Crippen LogP contribution is -2.37. The molecule has 4 heteroatoms. The predicted molar refractivity (Wildman–Crippen MR) is 62.5 cm³/mol. The Morgan fingerprint density at radius 2 is 2.19 bits per heavy atom. The summed E-state index contributed by atoms with van der Waals surface area (Å²) in [6, 6.07) is 1.72. The van der Waals surface area contributed by atoms with Crippen molar-refractivity contribution in [2.75, 3.05) is 6.61 Å². The van der Waals surface area contributed by atoms with Gasteiger partial charge in [-0.3, -0.25) is 4.79 Å². The van der Waals surface area contributed by atoms with Crippen LogP contribution >= 0.6 is 0 Å². The number of carbonyl (C=O) groups excluding carboxylic acids is 1. The van der Waals surface area contributed by atoms with E-state index in [0.29, 0.717) is 6.61 Å². The largest absolute Gasteiger partial charge is 0.359 e. The quantitative estimate of drug-likeness (QED) is 0.297. The Labute approximate surface area is 97.3 Å². The van der Waals surface area contributed by atoms with Gasteiger partial charge in [0.2, 0.25) is 0 Å². The van der Waals surface area contributed by atoms with Crippen molar-refractivity contribution in [2.45, 2.75) is 45.8 Å². The molecule has 16 heavy (non-hydrogen) atoms. The number of amides is 1. The van der Waals surface area contributed by atoms with Gasteiger partial charge >= 0.3 is 0 Å². The van der Waals surface area contributed by atoms with E-state index in [1.807, 2.05) is 6.92 Å². The average Bonchev–Trinajstić information content (AvgIpc) is 2.28. The molecule has 0 aromatic heterocycles. The first kappa shape index (κ1) is 14.7. The van der Waals surface area contributed by atoms with Crippen molar-refractivity contribution < 1.29 is 9.53 Å². The number of nitrogens with zero attached hydrogens (tertiary/aromatic N) is 1. The minimum atomic E-state index is -0.447. The third-order valence-corrected chi connectivity index (χ3v) is 2.07. The maximum atomic E-state index is 11.4. The molecule has 0 aliphatic heterocycles. The van der Waals surface area contributed by atoms with Crippen LogP contribution in [0.2, 0.25) is 0 Å². The second-order valence-corrected chi connectivity index (χ2v) is 3.57. The molecular weight excluding hydrogens is 204 g/mol. The maximum Gasteiger partial charge on any atom is 0.263 e. The first-order chi connectivity index (χ1) is 7.65. The Kier molecular flexibility index (Phi) is 8.18. The minimum absolute atomic E-state index is 0.0832. The lowest BCUT2D eigenvalue weighted by molar-refractivity contribution is -0.121. The number of hydrogen-bond acceptors (Lipinski definition) is 3. The molecule has 1 atom stereocenters. The van der Waals surface area contributed by atoms with Crippen LogP contribution in [0, 0.1) is 11.3 Å². The number of nitrogens with one attached hydrogen (secondary N) is 1. The lowest BCUT2D eigenvalue weighted by Gasteiger charge is -2.18. The van der Waals surface area contributed by atoms with Crippen LogP contribution in [0.25, 0.3) is 0 Å². The molecule has 0 fully saturated rings. The monoisotopic (exact) mass is 224 g/mol. The first-order valence-electron chi connectivity index (χ1n) is 5.67. The average molecular weight is 224 g/mol. The fraction of sp³-hybridized carbons (Fsp3) is 0.667. The van der Waals surface area contributed by atoms with Crippen molar-refractivity contribution in [1.82, 2.24) is 5.32 Å². The van der Waals surface area contributed by atoms with Crippen LogP contribution in [0.15, 0.2) is 12.2 Å². The van der Waals surface area contributed by atoms with E-state index in [9.17, 15) is 4.79 Å². The van der Waals surface area contributed by atoms with Crippen LogP contribution in [0.1, 0.15) is 39.5 Å². The zero-order chi connectivity index (χ0) is 12.4. The van der Waals surface area contributed by atoms with Crippen molar-refractivity contribution >= 4 is 5.91 Å². The van der Waals surface area contributed by atoms with Gasteiger partial charge in [0.05, 0.1) is 0 Å². The highest BCUT2D eigenvalue weighted by molar-refractivity contribution is 5.96. The third kappa shape index (κ3) is 6.20. The highest BCUT2D eigenvalue weighted by atomic mass is 16.5. The van der Waals surface area contributed by atoms with Gasteiger partial charge in [0, 0.05) is 6.61 Å². The molecule has 0 aromatic rings. The molecular formula is C12H20N2O2. The summed E-state index contributed by atoms with van der Waals surface area (Å²) < 4.78 is 5.51. The molecule has 0 bridgehead atoms. The zero-order valence-electron chi connectivity index (χ0n) is 10.1. The molecule has 0 saturated heterocycles. The van der Waals surface area contributed by atoms with Gasteiger partial charge in [-0.15, -0.1) is 0 Å². The first-order valence-corrected chi connectivity index (χ1v) is 5.67. The lowest BCUT2D eigenvalue weighted by atomic mass is 10.2. The van der Waals surface area contributed by atoms with Crippen LogP contribution in [0.5, 0.6) is 0 Å². The topological polar surface area (TPSA) is 62.1 Å². The number of nitriles is 1. The van der Waals surface area contributed by atoms with E-state index in [1.54, 1.807) is 6.07 Å². The van der Waals surface area contributed by atoms with E-state index in [0.717, 1.165) is 25.7 Å². The fourth-order valence-corrected chi connectivity index (χ4v) is 1.11. The molecule has 0 rings (SSSR count). The number of rotatable bonds is 8. The normalized spacial score (nSPS) is 11.6. The summed E-state index contributed by atoms with van der Waals surface area (Å²) in [5, 5.41) is 11.2. The standard InChI is InChI=1S/C12H20N2O2/c1-4-6-8-16-11(7-5-2)14-12(15)10(3)9-13/h11H,3-8H2,1-2H3,(H,14,15). The predicted octanol–water partition coefficient (Wildman–Crippen LogP) is 2.13. The van der Waals surface area contributed by atoms with E-state index in [-0.39, 0.29) is 11.8 Å². The summed E-state index contributed by atoms with van der Waals surface area (Å²) in [4.78, 5) is 11.4. The maximum absolute atomic E-state index is 11.4. The van der Waals surface area contributed by atoms with Crippen molar-refractivity contribution in [3.63, 3.8) is 0 Å². The van der Waals surface area contributed by atoms with Gasteiger partial charge in [0.25, 0.3) is 5.91 Å². The van der Waals surface area contributed by atoms with E-state index in [2.05, 4.69) is 18.8 Å². The Hall–Kier alpha value is -1.34. The molecule has 1 amide bonds. The third-order valence-electron chi connectivity index (χ3n) is 2.07. The second-order valence-electron chi connectivity index (χ2n) is 3.57. The van der Waals surface area contributed by atoms with Crippen LogP contribution < -0.4 is 5.32 Å². The molecule has 0 aliphatic rings. The summed E-state index contributed by atoms with van der Waals surface area (Å²) in [5.41, 5.74) is -0.0832. The molecule has 0 aromatic carbocycles. The van der Waals surface area contributed by atoms with Crippen molar-refractivity contribution in [2.24, 2.45) is 0 Å². The summed E-state index contributed by atoms with van der Waals surface area (Å²) in [7, 11) is 0. The summed E-state index contributed by atoms with van der Waals surface area (Å²) >= 11 is 0. The van der Waals surface area contributed by atoms with Gasteiger partial charge in [0.15, 0.2) is 0 Å². The molecule has 0 heterocycles.